The minimum absolute atomic E-state index is 0.459. The molecule has 1 saturated carbocycles. The van der Waals surface area contributed by atoms with E-state index in [0.29, 0.717) is 5.92 Å². The summed E-state index contributed by atoms with van der Waals surface area (Å²) in [4.78, 5) is 10.4. The molecule has 0 bridgehead atoms. The maximum absolute atomic E-state index is 10.4. The molecule has 2 aliphatic rings. The molecule has 64 valence electrons. The standard InChI is InChI=1S/C10H12O2/c1-6-2-7-4-8(5-10(11)12)9(7)3-6/h3,5,7,9H,2,4H2,1H3,(H,11,12). The van der Waals surface area contributed by atoms with Crippen LogP contribution in [0.3, 0.4) is 0 Å². The van der Waals surface area contributed by atoms with Gasteiger partial charge in [0.25, 0.3) is 0 Å². The number of allylic oxidation sites excluding steroid dienone is 3. The molecule has 2 rings (SSSR count). The van der Waals surface area contributed by atoms with Crippen LogP contribution in [0.5, 0.6) is 0 Å². The van der Waals surface area contributed by atoms with E-state index in [2.05, 4.69) is 13.0 Å². The Bertz CT molecular complexity index is 286. The summed E-state index contributed by atoms with van der Waals surface area (Å²) < 4.78 is 0. The maximum Gasteiger partial charge on any atom is 0.328 e. The molecule has 0 saturated heterocycles. The highest BCUT2D eigenvalue weighted by Gasteiger charge is 2.38. The van der Waals surface area contributed by atoms with E-state index in [1.54, 1.807) is 0 Å². The van der Waals surface area contributed by atoms with E-state index in [0.717, 1.165) is 17.9 Å². The van der Waals surface area contributed by atoms with E-state index in [9.17, 15) is 4.79 Å². The van der Waals surface area contributed by atoms with Gasteiger partial charge < -0.3 is 5.11 Å². The van der Waals surface area contributed by atoms with Crippen LogP contribution in [-0.2, 0) is 4.79 Å². The zero-order valence-electron chi connectivity index (χ0n) is 7.08. The summed E-state index contributed by atoms with van der Waals surface area (Å²) in [6, 6.07) is 0. The van der Waals surface area contributed by atoms with Crippen molar-refractivity contribution in [3.05, 3.63) is 23.3 Å². The first-order chi connectivity index (χ1) is 5.66. The second kappa shape index (κ2) is 2.47. The summed E-state index contributed by atoms with van der Waals surface area (Å²) in [5.74, 6) is 0.373. The number of carboxylic acid groups (broad SMARTS) is 1. The van der Waals surface area contributed by atoms with Crippen LogP contribution in [0.25, 0.3) is 0 Å². The second-order valence-electron chi connectivity index (χ2n) is 3.76. The molecule has 2 nitrogen and oxygen atoms in total. The summed E-state index contributed by atoms with van der Waals surface area (Å²) in [6.45, 7) is 2.12. The van der Waals surface area contributed by atoms with Gasteiger partial charge in [-0.2, -0.15) is 0 Å². The lowest BCUT2D eigenvalue weighted by molar-refractivity contribution is -0.131. The SMILES string of the molecule is CC1=CC2C(=CC(=O)O)CC2C1. The third kappa shape index (κ3) is 1.07. The fraction of sp³-hybridized carbons (Fsp3) is 0.500. The van der Waals surface area contributed by atoms with Crippen molar-refractivity contribution in [2.24, 2.45) is 11.8 Å². The van der Waals surface area contributed by atoms with Gasteiger partial charge in [-0.1, -0.05) is 17.2 Å². The molecule has 0 aromatic rings. The van der Waals surface area contributed by atoms with Gasteiger partial charge in [0.1, 0.15) is 0 Å². The van der Waals surface area contributed by atoms with Gasteiger partial charge in [0.2, 0.25) is 0 Å². The monoisotopic (exact) mass is 164 g/mol. The number of rotatable bonds is 1. The van der Waals surface area contributed by atoms with E-state index in [4.69, 9.17) is 5.11 Å². The summed E-state index contributed by atoms with van der Waals surface area (Å²) >= 11 is 0. The fourth-order valence-corrected chi connectivity index (χ4v) is 2.25. The van der Waals surface area contributed by atoms with Crippen molar-refractivity contribution in [2.75, 3.05) is 0 Å². The van der Waals surface area contributed by atoms with Crippen LogP contribution in [0.15, 0.2) is 23.3 Å². The van der Waals surface area contributed by atoms with Gasteiger partial charge >= 0.3 is 5.97 Å². The smallest absolute Gasteiger partial charge is 0.328 e. The molecule has 0 aromatic heterocycles. The molecule has 12 heavy (non-hydrogen) atoms. The van der Waals surface area contributed by atoms with Crippen molar-refractivity contribution in [2.45, 2.75) is 19.8 Å². The number of carboxylic acids is 1. The van der Waals surface area contributed by atoms with Gasteiger partial charge in [-0.05, 0) is 25.7 Å². The third-order valence-electron chi connectivity index (χ3n) is 2.79. The minimum Gasteiger partial charge on any atom is -0.478 e. The van der Waals surface area contributed by atoms with E-state index in [1.165, 1.54) is 18.1 Å². The normalized spacial score (nSPS) is 35.8. The Balaban J connectivity index is 2.12. The molecule has 2 aliphatic carbocycles. The van der Waals surface area contributed by atoms with Crippen molar-refractivity contribution >= 4 is 5.97 Å². The highest BCUT2D eigenvalue weighted by atomic mass is 16.4. The van der Waals surface area contributed by atoms with Crippen molar-refractivity contribution in [1.29, 1.82) is 0 Å². The molecule has 2 atom stereocenters. The Morgan fingerprint density at radius 3 is 3.00 bits per heavy atom. The lowest BCUT2D eigenvalue weighted by Gasteiger charge is -2.33. The minimum atomic E-state index is -0.804. The van der Waals surface area contributed by atoms with Gasteiger partial charge in [-0.25, -0.2) is 4.79 Å². The summed E-state index contributed by atoms with van der Waals surface area (Å²) in [7, 11) is 0. The molecule has 0 spiro atoms. The second-order valence-corrected chi connectivity index (χ2v) is 3.76. The van der Waals surface area contributed by atoms with Crippen molar-refractivity contribution in [1.82, 2.24) is 0 Å². The predicted octanol–water partition coefficient (Wildman–Crippen LogP) is 1.98. The molecule has 1 fully saturated rings. The fourth-order valence-electron chi connectivity index (χ4n) is 2.25. The summed E-state index contributed by atoms with van der Waals surface area (Å²) in [5, 5.41) is 8.54. The first-order valence-electron chi connectivity index (χ1n) is 4.27. The zero-order valence-corrected chi connectivity index (χ0v) is 7.08. The number of carbonyl (C=O) groups is 1. The largest absolute Gasteiger partial charge is 0.478 e. The van der Waals surface area contributed by atoms with E-state index in [1.807, 2.05) is 0 Å². The Morgan fingerprint density at radius 2 is 2.42 bits per heavy atom. The van der Waals surface area contributed by atoms with E-state index in [-0.39, 0.29) is 0 Å². The average molecular weight is 164 g/mol. The first-order valence-corrected chi connectivity index (χ1v) is 4.27. The van der Waals surface area contributed by atoms with Crippen molar-refractivity contribution < 1.29 is 9.90 Å². The molecule has 0 amide bonds. The van der Waals surface area contributed by atoms with E-state index < -0.39 is 5.97 Å². The molecule has 2 heteroatoms. The summed E-state index contributed by atoms with van der Waals surface area (Å²) in [5.41, 5.74) is 2.52. The number of aliphatic carboxylic acids is 1. The molecule has 0 aromatic carbocycles. The van der Waals surface area contributed by atoms with Crippen LogP contribution in [0.2, 0.25) is 0 Å². The Hall–Kier alpha value is -1.05. The number of hydrogen-bond acceptors (Lipinski definition) is 1. The highest BCUT2D eigenvalue weighted by molar-refractivity contribution is 5.81. The molecule has 0 radical (unpaired) electrons. The quantitative estimate of drug-likeness (QED) is 0.475. The number of fused-ring (bicyclic) bond motifs is 1. The van der Waals surface area contributed by atoms with Gasteiger partial charge in [-0.15, -0.1) is 0 Å². The van der Waals surface area contributed by atoms with Gasteiger partial charge in [0, 0.05) is 12.0 Å². The Labute approximate surface area is 71.6 Å². The van der Waals surface area contributed by atoms with Crippen LogP contribution >= 0.6 is 0 Å². The van der Waals surface area contributed by atoms with Crippen LogP contribution in [0.1, 0.15) is 19.8 Å². The van der Waals surface area contributed by atoms with Gasteiger partial charge in [0.05, 0.1) is 0 Å². The van der Waals surface area contributed by atoms with Crippen LogP contribution in [0.4, 0.5) is 0 Å². The third-order valence-corrected chi connectivity index (χ3v) is 2.79. The van der Waals surface area contributed by atoms with E-state index >= 15 is 0 Å². The molecule has 1 N–H and O–H groups in total. The van der Waals surface area contributed by atoms with Crippen LogP contribution in [-0.4, -0.2) is 11.1 Å². The molecule has 0 aliphatic heterocycles. The molecule has 2 unspecified atom stereocenters. The highest BCUT2D eigenvalue weighted by Crippen LogP contribution is 2.49. The molecular weight excluding hydrogens is 152 g/mol. The lowest BCUT2D eigenvalue weighted by atomic mass is 9.71. The van der Waals surface area contributed by atoms with Gasteiger partial charge in [-0.3, -0.25) is 0 Å². The Kier molecular flexibility index (Phi) is 1.56. The maximum atomic E-state index is 10.4. The predicted molar refractivity (Wildman–Crippen MR) is 45.7 cm³/mol. The molecular formula is C10H12O2. The topological polar surface area (TPSA) is 37.3 Å². The van der Waals surface area contributed by atoms with Crippen LogP contribution < -0.4 is 0 Å². The lowest BCUT2D eigenvalue weighted by Crippen LogP contribution is -2.24. The average Bonchev–Trinajstić information content (AvgIpc) is 2.24. The van der Waals surface area contributed by atoms with Crippen molar-refractivity contribution in [3.63, 3.8) is 0 Å². The molecule has 0 heterocycles. The van der Waals surface area contributed by atoms with Crippen molar-refractivity contribution in [3.8, 4) is 0 Å². The zero-order chi connectivity index (χ0) is 8.72. The number of hydrogen-bond donors (Lipinski definition) is 1. The first kappa shape index (κ1) is 7.59. The van der Waals surface area contributed by atoms with Gasteiger partial charge in [0.15, 0.2) is 0 Å². The van der Waals surface area contributed by atoms with Crippen LogP contribution in [0, 0.1) is 11.8 Å². The summed E-state index contributed by atoms with van der Waals surface area (Å²) in [6.07, 6.45) is 5.74. The Morgan fingerprint density at radius 1 is 1.67 bits per heavy atom.